The Kier molecular flexibility index (Phi) is 5.09. The summed E-state index contributed by atoms with van der Waals surface area (Å²) < 4.78 is 5.44. The third-order valence-electron chi connectivity index (χ3n) is 3.31. The van der Waals surface area contributed by atoms with E-state index < -0.39 is 5.60 Å². The molecule has 0 spiro atoms. The molecule has 1 aliphatic rings. The minimum absolute atomic E-state index is 0.292. The van der Waals surface area contributed by atoms with E-state index in [1.165, 1.54) is 0 Å². The Morgan fingerprint density at radius 3 is 2.85 bits per heavy atom. The van der Waals surface area contributed by atoms with Crippen LogP contribution in [0.4, 0.5) is 4.79 Å². The van der Waals surface area contributed by atoms with E-state index in [4.69, 9.17) is 16.3 Å². The highest BCUT2D eigenvalue weighted by Gasteiger charge is 2.34. The lowest BCUT2D eigenvalue weighted by molar-refractivity contribution is -0.0290. The number of benzene rings is 1. The summed E-state index contributed by atoms with van der Waals surface area (Å²) >= 11 is 5.83. The third kappa shape index (κ3) is 4.58. The van der Waals surface area contributed by atoms with Crippen LogP contribution >= 0.6 is 11.6 Å². The minimum Gasteiger partial charge on any atom is -0.492 e. The molecule has 1 aliphatic carbocycles. The van der Waals surface area contributed by atoms with Crippen LogP contribution in [0.3, 0.4) is 0 Å². The number of carbonyl (C=O) groups excluding carboxylic acids is 1. The Morgan fingerprint density at radius 1 is 1.40 bits per heavy atom. The van der Waals surface area contributed by atoms with E-state index in [9.17, 15) is 9.90 Å². The van der Waals surface area contributed by atoms with Crippen molar-refractivity contribution in [3.63, 3.8) is 0 Å². The van der Waals surface area contributed by atoms with Gasteiger partial charge in [0.15, 0.2) is 0 Å². The third-order valence-corrected chi connectivity index (χ3v) is 3.55. The van der Waals surface area contributed by atoms with Gasteiger partial charge in [-0.15, -0.1) is 0 Å². The van der Waals surface area contributed by atoms with E-state index in [1.54, 1.807) is 24.3 Å². The lowest BCUT2D eigenvalue weighted by Gasteiger charge is -2.36. The van der Waals surface area contributed by atoms with Crippen LogP contribution in [0.2, 0.25) is 5.02 Å². The van der Waals surface area contributed by atoms with Gasteiger partial charge in [-0.05, 0) is 37.5 Å². The molecular weight excluding hydrogens is 280 g/mol. The Balaban J connectivity index is 1.57. The molecule has 2 amide bonds. The highest BCUT2D eigenvalue weighted by molar-refractivity contribution is 6.30. The number of aliphatic hydroxyl groups is 1. The monoisotopic (exact) mass is 298 g/mol. The molecule has 1 fully saturated rings. The van der Waals surface area contributed by atoms with E-state index in [1.807, 2.05) is 0 Å². The molecule has 20 heavy (non-hydrogen) atoms. The normalized spacial score (nSPS) is 16.1. The fraction of sp³-hybridized carbons (Fsp3) is 0.500. The second-order valence-corrected chi connectivity index (χ2v) is 5.43. The molecule has 0 heterocycles. The first kappa shape index (κ1) is 14.9. The largest absolute Gasteiger partial charge is 0.492 e. The van der Waals surface area contributed by atoms with Gasteiger partial charge in [-0.2, -0.15) is 0 Å². The van der Waals surface area contributed by atoms with Gasteiger partial charge in [-0.3, -0.25) is 0 Å². The maximum absolute atomic E-state index is 11.5. The van der Waals surface area contributed by atoms with Crippen LogP contribution in [0.15, 0.2) is 24.3 Å². The fourth-order valence-corrected chi connectivity index (χ4v) is 2.14. The molecule has 2 rings (SSSR count). The summed E-state index contributed by atoms with van der Waals surface area (Å²) in [5.74, 6) is 0.670. The number of rotatable bonds is 6. The standard InChI is InChI=1S/C14H19ClN2O3/c15-11-3-1-4-12(9-11)20-8-7-16-13(18)17-10-14(19)5-2-6-14/h1,3-4,9,19H,2,5-8,10H2,(H2,16,17,18). The van der Waals surface area contributed by atoms with Crippen LogP contribution in [0.1, 0.15) is 19.3 Å². The highest BCUT2D eigenvalue weighted by atomic mass is 35.5. The van der Waals surface area contributed by atoms with Gasteiger partial charge in [-0.25, -0.2) is 4.79 Å². The van der Waals surface area contributed by atoms with E-state index >= 15 is 0 Å². The SMILES string of the molecule is O=C(NCCOc1cccc(Cl)c1)NCC1(O)CCC1. The van der Waals surface area contributed by atoms with Crippen molar-refractivity contribution in [1.29, 1.82) is 0 Å². The molecule has 0 radical (unpaired) electrons. The zero-order valence-corrected chi connectivity index (χ0v) is 11.9. The Hall–Kier alpha value is -1.46. The molecule has 0 aromatic heterocycles. The van der Waals surface area contributed by atoms with Gasteiger partial charge in [0.05, 0.1) is 12.1 Å². The van der Waals surface area contributed by atoms with Crippen LogP contribution < -0.4 is 15.4 Å². The van der Waals surface area contributed by atoms with Crippen LogP contribution in [0.25, 0.3) is 0 Å². The average molecular weight is 299 g/mol. The van der Waals surface area contributed by atoms with Gasteiger partial charge in [0.2, 0.25) is 0 Å². The number of ether oxygens (including phenoxy) is 1. The lowest BCUT2D eigenvalue weighted by atomic mass is 9.80. The van der Waals surface area contributed by atoms with Crippen molar-refractivity contribution in [3.05, 3.63) is 29.3 Å². The molecule has 0 atom stereocenters. The smallest absolute Gasteiger partial charge is 0.315 e. The number of nitrogens with one attached hydrogen (secondary N) is 2. The Bertz CT molecular complexity index is 463. The van der Waals surface area contributed by atoms with E-state index in [0.717, 1.165) is 19.3 Å². The van der Waals surface area contributed by atoms with Crippen LogP contribution in [-0.2, 0) is 0 Å². The predicted octanol–water partition coefficient (Wildman–Crippen LogP) is 1.93. The first-order valence-electron chi connectivity index (χ1n) is 6.70. The number of hydrogen-bond acceptors (Lipinski definition) is 3. The second-order valence-electron chi connectivity index (χ2n) is 4.99. The van der Waals surface area contributed by atoms with E-state index in [0.29, 0.717) is 30.5 Å². The zero-order chi connectivity index (χ0) is 14.4. The highest BCUT2D eigenvalue weighted by Crippen LogP contribution is 2.30. The van der Waals surface area contributed by atoms with Crippen LogP contribution in [0.5, 0.6) is 5.75 Å². The van der Waals surface area contributed by atoms with Gasteiger partial charge in [0.1, 0.15) is 12.4 Å². The number of carbonyl (C=O) groups is 1. The summed E-state index contributed by atoms with van der Waals surface area (Å²) in [5.41, 5.74) is -0.700. The number of amides is 2. The summed E-state index contributed by atoms with van der Waals surface area (Å²) in [7, 11) is 0. The molecule has 1 aromatic carbocycles. The minimum atomic E-state index is -0.700. The van der Waals surface area contributed by atoms with Gasteiger partial charge < -0.3 is 20.5 Å². The summed E-state index contributed by atoms with van der Waals surface area (Å²) in [6.07, 6.45) is 2.53. The van der Waals surface area contributed by atoms with Crippen molar-refractivity contribution in [3.8, 4) is 5.75 Å². The molecule has 1 aromatic rings. The van der Waals surface area contributed by atoms with Crippen molar-refractivity contribution < 1.29 is 14.6 Å². The van der Waals surface area contributed by atoms with Crippen molar-refractivity contribution in [2.75, 3.05) is 19.7 Å². The maximum Gasteiger partial charge on any atom is 0.315 e. The number of halogens is 1. The van der Waals surface area contributed by atoms with Crippen molar-refractivity contribution in [2.45, 2.75) is 24.9 Å². The summed E-state index contributed by atoms with van der Waals surface area (Å²) in [5, 5.41) is 15.8. The summed E-state index contributed by atoms with van der Waals surface area (Å²) in [4.78, 5) is 11.5. The molecule has 110 valence electrons. The van der Waals surface area contributed by atoms with E-state index in [2.05, 4.69) is 10.6 Å². The van der Waals surface area contributed by atoms with Crippen molar-refractivity contribution in [2.24, 2.45) is 0 Å². The molecule has 0 aliphatic heterocycles. The molecule has 5 nitrogen and oxygen atoms in total. The molecule has 0 unspecified atom stereocenters. The van der Waals surface area contributed by atoms with Crippen LogP contribution in [-0.4, -0.2) is 36.4 Å². The number of hydrogen-bond donors (Lipinski definition) is 3. The van der Waals surface area contributed by atoms with Gasteiger partial charge in [0, 0.05) is 11.6 Å². The fourth-order valence-electron chi connectivity index (χ4n) is 1.96. The number of urea groups is 1. The zero-order valence-electron chi connectivity index (χ0n) is 11.2. The Labute approximate surface area is 123 Å². The second kappa shape index (κ2) is 6.81. The molecule has 6 heteroatoms. The molecule has 0 saturated heterocycles. The lowest BCUT2D eigenvalue weighted by Crippen LogP contribution is -2.50. The molecule has 1 saturated carbocycles. The molecule has 0 bridgehead atoms. The predicted molar refractivity (Wildman–Crippen MR) is 77.1 cm³/mol. The van der Waals surface area contributed by atoms with Crippen molar-refractivity contribution in [1.82, 2.24) is 10.6 Å². The maximum atomic E-state index is 11.5. The quantitative estimate of drug-likeness (QED) is 0.703. The van der Waals surface area contributed by atoms with E-state index in [-0.39, 0.29) is 6.03 Å². The average Bonchev–Trinajstić information content (AvgIpc) is 2.39. The topological polar surface area (TPSA) is 70.6 Å². The Morgan fingerprint density at radius 2 is 2.20 bits per heavy atom. The van der Waals surface area contributed by atoms with Gasteiger partial charge in [0.25, 0.3) is 0 Å². The molecule has 3 N–H and O–H groups in total. The first-order valence-corrected chi connectivity index (χ1v) is 7.08. The summed E-state index contributed by atoms with van der Waals surface area (Å²) in [6, 6.07) is 6.80. The van der Waals surface area contributed by atoms with Crippen LogP contribution in [0, 0.1) is 0 Å². The van der Waals surface area contributed by atoms with Gasteiger partial charge in [-0.1, -0.05) is 17.7 Å². The first-order chi connectivity index (χ1) is 9.57. The summed E-state index contributed by atoms with van der Waals surface area (Å²) in [6.45, 7) is 1.04. The van der Waals surface area contributed by atoms with Crippen molar-refractivity contribution >= 4 is 17.6 Å². The van der Waals surface area contributed by atoms with Gasteiger partial charge >= 0.3 is 6.03 Å². The molecular formula is C14H19ClN2O3.